The molecule has 2 aromatic carbocycles. The molecule has 1 saturated heterocycles. The van der Waals surface area contributed by atoms with Gasteiger partial charge in [-0.15, -0.1) is 0 Å². The zero-order valence-electron chi connectivity index (χ0n) is 15.1. The van der Waals surface area contributed by atoms with Crippen LogP contribution >= 0.6 is 0 Å². The molecule has 1 atom stereocenters. The van der Waals surface area contributed by atoms with Crippen LogP contribution in [0.1, 0.15) is 11.1 Å². The molecule has 2 amide bonds. The van der Waals surface area contributed by atoms with Gasteiger partial charge in [0.2, 0.25) is 0 Å². The Balaban J connectivity index is 1.52. The SMILES string of the molecule is O=C(NCc1ccccc1)NCC(Cc1ccccc1)N1CCOCC1. The van der Waals surface area contributed by atoms with Gasteiger partial charge < -0.3 is 15.4 Å². The quantitative estimate of drug-likeness (QED) is 0.804. The van der Waals surface area contributed by atoms with Crippen LogP contribution in [0.25, 0.3) is 0 Å². The Morgan fingerprint density at radius 1 is 0.923 bits per heavy atom. The molecule has 5 nitrogen and oxygen atoms in total. The molecule has 0 aromatic heterocycles. The summed E-state index contributed by atoms with van der Waals surface area (Å²) in [5.41, 5.74) is 2.38. The lowest BCUT2D eigenvalue weighted by molar-refractivity contribution is 0.0172. The summed E-state index contributed by atoms with van der Waals surface area (Å²) in [5.74, 6) is 0. The van der Waals surface area contributed by atoms with Crippen molar-refractivity contribution in [2.24, 2.45) is 0 Å². The largest absolute Gasteiger partial charge is 0.379 e. The zero-order chi connectivity index (χ0) is 18.0. The van der Waals surface area contributed by atoms with Gasteiger partial charge in [-0.1, -0.05) is 60.7 Å². The van der Waals surface area contributed by atoms with Crippen molar-refractivity contribution in [2.45, 2.75) is 19.0 Å². The highest BCUT2D eigenvalue weighted by Gasteiger charge is 2.21. The number of urea groups is 1. The fourth-order valence-corrected chi connectivity index (χ4v) is 3.21. The van der Waals surface area contributed by atoms with Gasteiger partial charge >= 0.3 is 6.03 Å². The van der Waals surface area contributed by atoms with E-state index in [0.717, 1.165) is 38.3 Å². The Hall–Kier alpha value is -2.37. The van der Waals surface area contributed by atoms with Crippen LogP contribution in [0.3, 0.4) is 0 Å². The zero-order valence-corrected chi connectivity index (χ0v) is 15.1. The van der Waals surface area contributed by atoms with Crippen molar-refractivity contribution in [2.75, 3.05) is 32.8 Å². The van der Waals surface area contributed by atoms with Gasteiger partial charge in [-0.3, -0.25) is 4.90 Å². The summed E-state index contributed by atoms with van der Waals surface area (Å²) in [6.45, 7) is 4.48. The number of morpholine rings is 1. The van der Waals surface area contributed by atoms with E-state index in [1.54, 1.807) is 0 Å². The van der Waals surface area contributed by atoms with Crippen LogP contribution in [0, 0.1) is 0 Å². The topological polar surface area (TPSA) is 53.6 Å². The molecule has 1 unspecified atom stereocenters. The number of hydrogen-bond donors (Lipinski definition) is 2. The number of ether oxygens (including phenoxy) is 1. The molecule has 3 rings (SSSR count). The summed E-state index contributed by atoms with van der Waals surface area (Å²) in [7, 11) is 0. The molecule has 1 heterocycles. The van der Waals surface area contributed by atoms with Crippen molar-refractivity contribution in [1.29, 1.82) is 0 Å². The van der Waals surface area contributed by atoms with E-state index in [1.165, 1.54) is 5.56 Å². The predicted octanol–water partition coefficient (Wildman–Crippen LogP) is 2.43. The van der Waals surface area contributed by atoms with Crippen LogP contribution in [0.5, 0.6) is 0 Å². The van der Waals surface area contributed by atoms with Crippen LogP contribution in [-0.2, 0) is 17.7 Å². The summed E-state index contributed by atoms with van der Waals surface area (Å²) in [5, 5.41) is 5.97. The van der Waals surface area contributed by atoms with Crippen molar-refractivity contribution < 1.29 is 9.53 Å². The van der Waals surface area contributed by atoms with Crippen LogP contribution in [0.15, 0.2) is 60.7 Å². The number of benzene rings is 2. The number of rotatable bonds is 7. The molecular weight excluding hydrogens is 326 g/mol. The molecular formula is C21H27N3O2. The van der Waals surface area contributed by atoms with Crippen LogP contribution in [-0.4, -0.2) is 49.8 Å². The second-order valence-electron chi connectivity index (χ2n) is 6.54. The molecule has 2 aromatic rings. The monoisotopic (exact) mass is 353 g/mol. The average molecular weight is 353 g/mol. The second-order valence-corrected chi connectivity index (χ2v) is 6.54. The first-order valence-corrected chi connectivity index (χ1v) is 9.22. The van der Waals surface area contributed by atoms with E-state index in [-0.39, 0.29) is 12.1 Å². The third-order valence-corrected chi connectivity index (χ3v) is 4.67. The van der Waals surface area contributed by atoms with Crippen LogP contribution in [0.4, 0.5) is 4.79 Å². The Kier molecular flexibility index (Phi) is 7.05. The second kappa shape index (κ2) is 9.94. The third kappa shape index (κ3) is 5.86. The van der Waals surface area contributed by atoms with Crippen molar-refractivity contribution in [3.8, 4) is 0 Å². The summed E-state index contributed by atoms with van der Waals surface area (Å²) in [4.78, 5) is 14.6. The lowest BCUT2D eigenvalue weighted by atomic mass is 10.0. The summed E-state index contributed by atoms with van der Waals surface area (Å²) < 4.78 is 5.47. The Morgan fingerprint density at radius 2 is 1.54 bits per heavy atom. The van der Waals surface area contributed by atoms with Crippen LogP contribution in [0.2, 0.25) is 0 Å². The van der Waals surface area contributed by atoms with Crippen LogP contribution < -0.4 is 10.6 Å². The highest BCUT2D eigenvalue weighted by Crippen LogP contribution is 2.11. The lowest BCUT2D eigenvalue weighted by Gasteiger charge is -2.34. The van der Waals surface area contributed by atoms with Gasteiger partial charge in [0.25, 0.3) is 0 Å². The minimum atomic E-state index is -0.125. The van der Waals surface area contributed by atoms with E-state index < -0.39 is 0 Å². The van der Waals surface area contributed by atoms with Gasteiger partial charge in [-0.25, -0.2) is 4.79 Å². The number of carbonyl (C=O) groups is 1. The van der Waals surface area contributed by atoms with Gasteiger partial charge in [0.15, 0.2) is 0 Å². The number of carbonyl (C=O) groups excluding carboxylic acids is 1. The number of amides is 2. The predicted molar refractivity (Wildman–Crippen MR) is 103 cm³/mol. The van der Waals surface area contributed by atoms with E-state index in [4.69, 9.17) is 4.74 Å². The third-order valence-electron chi connectivity index (χ3n) is 4.67. The molecule has 138 valence electrons. The van der Waals surface area contributed by atoms with Gasteiger partial charge in [0.05, 0.1) is 13.2 Å². The van der Waals surface area contributed by atoms with Crippen molar-refractivity contribution in [3.63, 3.8) is 0 Å². The summed E-state index contributed by atoms with van der Waals surface area (Å²) in [6, 6.07) is 20.5. The van der Waals surface area contributed by atoms with E-state index in [1.807, 2.05) is 36.4 Å². The first-order chi connectivity index (χ1) is 12.8. The highest BCUT2D eigenvalue weighted by molar-refractivity contribution is 5.73. The van der Waals surface area contributed by atoms with E-state index >= 15 is 0 Å². The van der Waals surface area contributed by atoms with Gasteiger partial charge in [-0.05, 0) is 17.5 Å². The van der Waals surface area contributed by atoms with Gasteiger partial charge in [-0.2, -0.15) is 0 Å². The molecule has 1 aliphatic rings. The number of nitrogens with zero attached hydrogens (tertiary/aromatic N) is 1. The Bertz CT molecular complexity index is 657. The molecule has 5 heteroatoms. The number of hydrogen-bond acceptors (Lipinski definition) is 3. The molecule has 1 aliphatic heterocycles. The first kappa shape index (κ1) is 18.4. The maximum atomic E-state index is 12.2. The fraction of sp³-hybridized carbons (Fsp3) is 0.381. The minimum Gasteiger partial charge on any atom is -0.379 e. The number of nitrogens with one attached hydrogen (secondary N) is 2. The molecule has 26 heavy (non-hydrogen) atoms. The Labute approximate surface area is 155 Å². The maximum absolute atomic E-state index is 12.2. The standard InChI is InChI=1S/C21H27N3O2/c25-21(22-16-19-9-5-2-6-10-19)23-17-20(24-11-13-26-14-12-24)15-18-7-3-1-4-8-18/h1-10,20H,11-17H2,(H2,22,23,25). The van der Waals surface area contributed by atoms with E-state index in [0.29, 0.717) is 13.1 Å². The summed E-state index contributed by atoms with van der Waals surface area (Å²) >= 11 is 0. The minimum absolute atomic E-state index is 0.125. The average Bonchev–Trinajstić information content (AvgIpc) is 2.72. The highest BCUT2D eigenvalue weighted by atomic mass is 16.5. The fourth-order valence-electron chi connectivity index (χ4n) is 3.21. The normalized spacial score (nSPS) is 16.0. The smallest absolute Gasteiger partial charge is 0.315 e. The molecule has 0 radical (unpaired) electrons. The Morgan fingerprint density at radius 3 is 2.19 bits per heavy atom. The maximum Gasteiger partial charge on any atom is 0.315 e. The van der Waals surface area contributed by atoms with Gasteiger partial charge in [0.1, 0.15) is 0 Å². The molecule has 0 saturated carbocycles. The summed E-state index contributed by atoms with van der Waals surface area (Å²) in [6.07, 6.45) is 0.916. The molecule has 0 spiro atoms. The molecule has 0 aliphatic carbocycles. The van der Waals surface area contributed by atoms with Crippen molar-refractivity contribution in [3.05, 3.63) is 71.8 Å². The van der Waals surface area contributed by atoms with Gasteiger partial charge in [0, 0.05) is 32.2 Å². The first-order valence-electron chi connectivity index (χ1n) is 9.22. The molecule has 2 N–H and O–H groups in total. The lowest BCUT2D eigenvalue weighted by Crippen LogP contribution is -2.51. The molecule has 0 bridgehead atoms. The molecule has 1 fully saturated rings. The van der Waals surface area contributed by atoms with Crippen molar-refractivity contribution in [1.82, 2.24) is 15.5 Å². The van der Waals surface area contributed by atoms with E-state index in [2.05, 4.69) is 39.8 Å². The van der Waals surface area contributed by atoms with Crippen molar-refractivity contribution >= 4 is 6.03 Å². The van der Waals surface area contributed by atoms with E-state index in [9.17, 15) is 4.79 Å².